The lowest BCUT2D eigenvalue weighted by Gasteiger charge is -2.17. The Morgan fingerprint density at radius 2 is 2.38 bits per heavy atom. The van der Waals surface area contributed by atoms with Gasteiger partial charge in [0.25, 0.3) is 0 Å². The van der Waals surface area contributed by atoms with Crippen molar-refractivity contribution in [3.63, 3.8) is 0 Å². The van der Waals surface area contributed by atoms with Crippen LogP contribution in [0.3, 0.4) is 0 Å². The maximum absolute atomic E-state index is 5.65. The molecule has 0 aliphatic heterocycles. The summed E-state index contributed by atoms with van der Waals surface area (Å²) in [7, 11) is 1.73. The Kier molecular flexibility index (Phi) is 5.82. The van der Waals surface area contributed by atoms with Gasteiger partial charge >= 0.3 is 0 Å². The van der Waals surface area contributed by atoms with Crippen molar-refractivity contribution in [3.05, 3.63) is 23.9 Å². The molecule has 90 valence electrons. The third-order valence-corrected chi connectivity index (χ3v) is 2.49. The molecule has 0 saturated heterocycles. The molecular formula is C12H21N3O. The van der Waals surface area contributed by atoms with Crippen molar-refractivity contribution < 1.29 is 4.74 Å². The number of rotatable bonds is 7. The van der Waals surface area contributed by atoms with E-state index < -0.39 is 0 Å². The molecule has 3 N–H and O–H groups in total. The number of hydrogen-bond donors (Lipinski definition) is 2. The second-order valence-electron chi connectivity index (χ2n) is 3.83. The monoisotopic (exact) mass is 223 g/mol. The number of hydrogen-bond acceptors (Lipinski definition) is 4. The van der Waals surface area contributed by atoms with Crippen LogP contribution in [0.5, 0.6) is 0 Å². The molecule has 0 spiro atoms. The van der Waals surface area contributed by atoms with Gasteiger partial charge in [-0.15, -0.1) is 0 Å². The Morgan fingerprint density at radius 1 is 1.56 bits per heavy atom. The zero-order valence-electron chi connectivity index (χ0n) is 10.1. The molecule has 0 aliphatic rings. The fraction of sp³-hybridized carbons (Fsp3) is 0.583. The third-order valence-electron chi connectivity index (χ3n) is 2.49. The first-order valence-corrected chi connectivity index (χ1v) is 5.69. The lowest BCUT2D eigenvalue weighted by Crippen LogP contribution is -2.32. The summed E-state index contributed by atoms with van der Waals surface area (Å²) in [6.45, 7) is 3.86. The summed E-state index contributed by atoms with van der Waals surface area (Å²) >= 11 is 0. The van der Waals surface area contributed by atoms with Crippen LogP contribution in [0.15, 0.2) is 18.3 Å². The predicted octanol–water partition coefficient (Wildman–Crippen LogP) is 1.22. The van der Waals surface area contributed by atoms with Crippen molar-refractivity contribution in [2.75, 3.05) is 26.0 Å². The van der Waals surface area contributed by atoms with Crippen LogP contribution in [0.25, 0.3) is 0 Å². The van der Waals surface area contributed by atoms with Gasteiger partial charge in [-0.05, 0) is 37.1 Å². The molecule has 1 heterocycles. The molecule has 0 aliphatic carbocycles. The number of likely N-dealkylation sites (N-methyl/N-ethyl adjacent to an activating group) is 1. The molecule has 16 heavy (non-hydrogen) atoms. The average Bonchev–Trinajstić information content (AvgIpc) is 2.26. The minimum Gasteiger partial charge on any atom is -0.385 e. The van der Waals surface area contributed by atoms with Crippen LogP contribution in [0.1, 0.15) is 18.9 Å². The first-order valence-electron chi connectivity index (χ1n) is 5.69. The molecule has 0 saturated carbocycles. The number of methoxy groups -OCH3 is 1. The van der Waals surface area contributed by atoms with E-state index in [0.29, 0.717) is 11.9 Å². The number of pyridine rings is 1. The number of nitrogens with two attached hydrogens (primary N) is 1. The molecule has 0 radical (unpaired) electrons. The summed E-state index contributed by atoms with van der Waals surface area (Å²) in [5, 5.41) is 3.44. The number of ether oxygens (including phenoxy) is 1. The zero-order valence-corrected chi connectivity index (χ0v) is 10.1. The van der Waals surface area contributed by atoms with Gasteiger partial charge in [-0.3, -0.25) is 0 Å². The first-order chi connectivity index (χ1) is 7.76. The Bertz CT molecular complexity index is 304. The van der Waals surface area contributed by atoms with Gasteiger partial charge in [0.1, 0.15) is 5.82 Å². The summed E-state index contributed by atoms with van der Waals surface area (Å²) in [6.07, 6.45) is 3.72. The molecule has 1 aromatic rings. The van der Waals surface area contributed by atoms with Crippen molar-refractivity contribution in [2.24, 2.45) is 0 Å². The van der Waals surface area contributed by atoms with Crippen molar-refractivity contribution in [2.45, 2.75) is 25.8 Å². The number of aromatic nitrogens is 1. The molecule has 0 aromatic carbocycles. The largest absolute Gasteiger partial charge is 0.385 e. The van der Waals surface area contributed by atoms with Gasteiger partial charge < -0.3 is 15.8 Å². The van der Waals surface area contributed by atoms with Gasteiger partial charge in [-0.25, -0.2) is 4.98 Å². The van der Waals surface area contributed by atoms with Crippen LogP contribution in [0, 0.1) is 0 Å². The quantitative estimate of drug-likeness (QED) is 0.729. The highest BCUT2D eigenvalue weighted by Gasteiger charge is 2.08. The van der Waals surface area contributed by atoms with Gasteiger partial charge in [0.05, 0.1) is 0 Å². The van der Waals surface area contributed by atoms with E-state index in [1.807, 2.05) is 12.1 Å². The van der Waals surface area contributed by atoms with Crippen molar-refractivity contribution in [3.8, 4) is 0 Å². The van der Waals surface area contributed by atoms with Crippen molar-refractivity contribution >= 4 is 5.82 Å². The highest BCUT2D eigenvalue weighted by atomic mass is 16.5. The molecule has 0 bridgehead atoms. The van der Waals surface area contributed by atoms with Gasteiger partial charge in [0.15, 0.2) is 0 Å². The minimum atomic E-state index is 0.437. The maximum atomic E-state index is 5.65. The zero-order chi connectivity index (χ0) is 11.8. The standard InChI is InChI=1S/C12H21N3O/c1-3-14-11(5-7-16-2)8-10-4-6-15-12(13)9-10/h4,6,9,11,14H,3,5,7-8H2,1-2H3,(H2,13,15). The summed E-state index contributed by atoms with van der Waals surface area (Å²) in [4.78, 5) is 3.99. The van der Waals surface area contributed by atoms with E-state index in [0.717, 1.165) is 26.0 Å². The molecular weight excluding hydrogens is 202 g/mol. The van der Waals surface area contributed by atoms with E-state index >= 15 is 0 Å². The van der Waals surface area contributed by atoms with E-state index in [1.165, 1.54) is 5.56 Å². The molecule has 1 unspecified atom stereocenters. The first kappa shape index (κ1) is 12.9. The Morgan fingerprint density at radius 3 is 3.00 bits per heavy atom. The predicted molar refractivity (Wildman–Crippen MR) is 66.3 cm³/mol. The van der Waals surface area contributed by atoms with Crippen molar-refractivity contribution in [1.29, 1.82) is 0 Å². The SMILES string of the molecule is CCNC(CCOC)Cc1ccnc(N)c1. The van der Waals surface area contributed by atoms with E-state index in [4.69, 9.17) is 10.5 Å². The molecule has 4 nitrogen and oxygen atoms in total. The van der Waals surface area contributed by atoms with Crippen LogP contribution >= 0.6 is 0 Å². The number of anilines is 1. The van der Waals surface area contributed by atoms with Crippen molar-refractivity contribution in [1.82, 2.24) is 10.3 Å². The fourth-order valence-corrected chi connectivity index (χ4v) is 1.73. The van der Waals surface area contributed by atoms with E-state index in [-0.39, 0.29) is 0 Å². The third kappa shape index (κ3) is 4.59. The van der Waals surface area contributed by atoms with Crippen LogP contribution in [-0.4, -0.2) is 31.3 Å². The smallest absolute Gasteiger partial charge is 0.123 e. The Balaban J connectivity index is 2.52. The number of nitrogens with one attached hydrogen (secondary N) is 1. The van der Waals surface area contributed by atoms with Gasteiger partial charge in [0.2, 0.25) is 0 Å². The van der Waals surface area contributed by atoms with Gasteiger partial charge in [-0.1, -0.05) is 6.92 Å². The highest BCUT2D eigenvalue weighted by molar-refractivity contribution is 5.32. The number of nitrogens with zero attached hydrogens (tertiary/aromatic N) is 1. The average molecular weight is 223 g/mol. The second-order valence-corrected chi connectivity index (χ2v) is 3.83. The van der Waals surface area contributed by atoms with E-state index in [9.17, 15) is 0 Å². The lowest BCUT2D eigenvalue weighted by atomic mass is 10.0. The summed E-state index contributed by atoms with van der Waals surface area (Å²) in [5.74, 6) is 0.583. The molecule has 4 heteroatoms. The normalized spacial score (nSPS) is 12.6. The lowest BCUT2D eigenvalue weighted by molar-refractivity contribution is 0.183. The van der Waals surface area contributed by atoms with Gasteiger partial charge in [0, 0.05) is 26.0 Å². The fourth-order valence-electron chi connectivity index (χ4n) is 1.73. The Labute approximate surface area is 97.2 Å². The Hall–Kier alpha value is -1.13. The highest BCUT2D eigenvalue weighted by Crippen LogP contribution is 2.08. The second kappa shape index (κ2) is 7.19. The summed E-state index contributed by atoms with van der Waals surface area (Å²) in [5.41, 5.74) is 6.87. The topological polar surface area (TPSA) is 60.2 Å². The molecule has 1 rings (SSSR count). The minimum absolute atomic E-state index is 0.437. The van der Waals surface area contributed by atoms with E-state index in [1.54, 1.807) is 13.3 Å². The van der Waals surface area contributed by atoms with Crippen LogP contribution < -0.4 is 11.1 Å². The summed E-state index contributed by atoms with van der Waals surface area (Å²) < 4.78 is 5.10. The van der Waals surface area contributed by atoms with Crippen LogP contribution in [-0.2, 0) is 11.2 Å². The summed E-state index contributed by atoms with van der Waals surface area (Å²) in [6, 6.07) is 4.37. The van der Waals surface area contributed by atoms with Crippen LogP contribution in [0.4, 0.5) is 5.82 Å². The van der Waals surface area contributed by atoms with E-state index in [2.05, 4.69) is 17.2 Å². The van der Waals surface area contributed by atoms with Gasteiger partial charge in [-0.2, -0.15) is 0 Å². The molecule has 1 atom stereocenters. The van der Waals surface area contributed by atoms with Crippen LogP contribution in [0.2, 0.25) is 0 Å². The number of nitrogen functional groups attached to an aromatic ring is 1. The maximum Gasteiger partial charge on any atom is 0.123 e. The molecule has 0 fully saturated rings. The molecule has 0 amide bonds. The molecule has 1 aromatic heterocycles.